The van der Waals surface area contributed by atoms with Gasteiger partial charge in [-0.05, 0) is 29.7 Å². The van der Waals surface area contributed by atoms with Crippen LogP contribution in [-0.4, -0.2) is 34.7 Å². The Kier molecular flexibility index (Phi) is 6.08. The Morgan fingerprint density at radius 1 is 1.35 bits per heavy atom. The molecule has 0 saturated carbocycles. The third kappa shape index (κ3) is 4.51. The van der Waals surface area contributed by atoms with Gasteiger partial charge in [-0.3, -0.25) is 14.5 Å². The summed E-state index contributed by atoms with van der Waals surface area (Å²) in [4.78, 5) is 27.7. The second kappa shape index (κ2) is 8.48. The van der Waals surface area contributed by atoms with Gasteiger partial charge in [0.05, 0.1) is 12.0 Å². The van der Waals surface area contributed by atoms with Crippen LogP contribution >= 0.6 is 35.3 Å². The summed E-state index contributed by atoms with van der Waals surface area (Å²) in [6.07, 6.45) is 2.00. The first kappa shape index (κ1) is 18.6. The molecule has 26 heavy (non-hydrogen) atoms. The van der Waals surface area contributed by atoms with Crippen LogP contribution in [0, 0.1) is 0 Å². The first-order chi connectivity index (χ1) is 12.6. The van der Waals surface area contributed by atoms with Gasteiger partial charge in [-0.1, -0.05) is 36.1 Å². The molecule has 0 unspecified atom stereocenters. The second-order valence-corrected chi connectivity index (χ2v) is 8.03. The van der Waals surface area contributed by atoms with Gasteiger partial charge in [0.2, 0.25) is 5.91 Å². The molecule has 2 aromatic rings. The number of rotatable bonds is 6. The van der Waals surface area contributed by atoms with Gasteiger partial charge in [0.25, 0.3) is 5.91 Å². The van der Waals surface area contributed by atoms with E-state index in [1.54, 1.807) is 42.7 Å². The standard InChI is InChI=1S/C18H16N2O3S3/c1-23-13-5-2-4-12(10-13)19-16(21)7-8-20-17(22)15(26-18(20)24)11-14-6-3-9-25-14/h2-6,9-11H,7-8H2,1H3,(H,19,21)/b15-11-. The fourth-order valence-electron chi connectivity index (χ4n) is 2.33. The zero-order valence-electron chi connectivity index (χ0n) is 13.9. The minimum atomic E-state index is -0.186. The summed E-state index contributed by atoms with van der Waals surface area (Å²) in [5.74, 6) is 0.329. The Labute approximate surface area is 165 Å². The summed E-state index contributed by atoms with van der Waals surface area (Å²) in [7, 11) is 1.57. The van der Waals surface area contributed by atoms with E-state index in [0.29, 0.717) is 20.7 Å². The molecule has 0 aliphatic carbocycles. The van der Waals surface area contributed by atoms with Crippen molar-refractivity contribution in [3.05, 3.63) is 51.6 Å². The van der Waals surface area contributed by atoms with Crippen LogP contribution in [0.1, 0.15) is 11.3 Å². The molecule has 1 N–H and O–H groups in total. The van der Waals surface area contributed by atoms with Crippen molar-refractivity contribution >= 4 is 63.2 Å². The van der Waals surface area contributed by atoms with E-state index in [1.165, 1.54) is 16.7 Å². The van der Waals surface area contributed by atoms with E-state index in [0.717, 1.165) is 4.88 Å². The molecule has 1 fully saturated rings. The molecular weight excluding hydrogens is 388 g/mol. The van der Waals surface area contributed by atoms with Crippen molar-refractivity contribution in [1.29, 1.82) is 0 Å². The lowest BCUT2D eigenvalue weighted by Crippen LogP contribution is -2.31. The summed E-state index contributed by atoms with van der Waals surface area (Å²) in [5, 5.41) is 4.75. The highest BCUT2D eigenvalue weighted by molar-refractivity contribution is 8.26. The van der Waals surface area contributed by atoms with E-state index >= 15 is 0 Å². The number of benzene rings is 1. The SMILES string of the molecule is COc1cccc(NC(=O)CCN2C(=O)/C(=C/c3cccs3)SC2=S)c1. The fraction of sp³-hybridized carbons (Fsp3) is 0.167. The van der Waals surface area contributed by atoms with Crippen LogP contribution in [-0.2, 0) is 9.59 Å². The molecule has 0 spiro atoms. The minimum Gasteiger partial charge on any atom is -0.497 e. The third-order valence-corrected chi connectivity index (χ3v) is 5.80. The Morgan fingerprint density at radius 3 is 2.92 bits per heavy atom. The molecule has 0 atom stereocenters. The molecular formula is C18H16N2O3S3. The van der Waals surface area contributed by atoms with Gasteiger partial charge in [0, 0.05) is 29.6 Å². The summed E-state index contributed by atoms with van der Waals surface area (Å²) in [5.41, 5.74) is 0.650. The summed E-state index contributed by atoms with van der Waals surface area (Å²) in [6.45, 7) is 0.252. The highest BCUT2D eigenvalue weighted by Gasteiger charge is 2.32. The van der Waals surface area contributed by atoms with E-state index in [9.17, 15) is 9.59 Å². The maximum Gasteiger partial charge on any atom is 0.266 e. The van der Waals surface area contributed by atoms with Crippen LogP contribution in [0.5, 0.6) is 5.75 Å². The number of nitrogens with one attached hydrogen (secondary N) is 1. The van der Waals surface area contributed by atoms with E-state index < -0.39 is 0 Å². The van der Waals surface area contributed by atoms with Gasteiger partial charge in [0.15, 0.2) is 0 Å². The lowest BCUT2D eigenvalue weighted by atomic mass is 10.3. The zero-order chi connectivity index (χ0) is 18.5. The largest absolute Gasteiger partial charge is 0.497 e. The van der Waals surface area contributed by atoms with Crippen molar-refractivity contribution < 1.29 is 14.3 Å². The zero-order valence-corrected chi connectivity index (χ0v) is 16.4. The third-order valence-electron chi connectivity index (χ3n) is 3.61. The number of thioether (sulfide) groups is 1. The molecule has 8 heteroatoms. The Hall–Kier alpha value is -2.16. The lowest BCUT2D eigenvalue weighted by molar-refractivity contribution is -0.122. The minimum absolute atomic E-state index is 0.150. The van der Waals surface area contributed by atoms with Crippen molar-refractivity contribution in [2.24, 2.45) is 0 Å². The maximum absolute atomic E-state index is 12.5. The molecule has 1 aromatic carbocycles. The van der Waals surface area contributed by atoms with E-state index in [2.05, 4.69) is 5.32 Å². The van der Waals surface area contributed by atoms with Gasteiger partial charge in [-0.25, -0.2) is 0 Å². The number of anilines is 1. The maximum atomic E-state index is 12.5. The molecule has 1 saturated heterocycles. The number of nitrogens with zero attached hydrogens (tertiary/aromatic N) is 1. The van der Waals surface area contributed by atoms with E-state index in [4.69, 9.17) is 17.0 Å². The van der Waals surface area contributed by atoms with Crippen LogP contribution < -0.4 is 10.1 Å². The Bertz CT molecular complexity index is 862. The predicted molar refractivity (Wildman–Crippen MR) is 110 cm³/mol. The molecule has 2 amide bonds. The number of thiophene rings is 1. The van der Waals surface area contributed by atoms with Crippen molar-refractivity contribution in [2.45, 2.75) is 6.42 Å². The topological polar surface area (TPSA) is 58.6 Å². The average molecular weight is 405 g/mol. The van der Waals surface area contributed by atoms with Crippen molar-refractivity contribution in [3.8, 4) is 5.75 Å². The lowest BCUT2D eigenvalue weighted by Gasteiger charge is -2.14. The molecule has 2 heterocycles. The summed E-state index contributed by atoms with van der Waals surface area (Å²) in [6, 6.07) is 11.0. The van der Waals surface area contributed by atoms with Crippen molar-refractivity contribution in [3.63, 3.8) is 0 Å². The number of hydrogen-bond donors (Lipinski definition) is 1. The van der Waals surface area contributed by atoms with Gasteiger partial charge < -0.3 is 10.1 Å². The quantitative estimate of drug-likeness (QED) is 0.583. The van der Waals surface area contributed by atoms with Gasteiger partial charge in [-0.2, -0.15) is 0 Å². The number of amides is 2. The fourth-order valence-corrected chi connectivity index (χ4v) is 4.36. The highest BCUT2D eigenvalue weighted by atomic mass is 32.2. The molecule has 0 radical (unpaired) electrons. The van der Waals surface area contributed by atoms with Gasteiger partial charge in [-0.15, -0.1) is 11.3 Å². The van der Waals surface area contributed by atoms with Gasteiger partial charge >= 0.3 is 0 Å². The van der Waals surface area contributed by atoms with Crippen molar-refractivity contribution in [2.75, 3.05) is 19.0 Å². The average Bonchev–Trinajstić information content (AvgIpc) is 3.22. The number of carbonyl (C=O) groups is 2. The molecule has 1 aliphatic rings. The van der Waals surface area contributed by atoms with Crippen LogP contribution in [0.4, 0.5) is 5.69 Å². The predicted octanol–water partition coefficient (Wildman–Crippen LogP) is 3.99. The Morgan fingerprint density at radius 2 is 2.19 bits per heavy atom. The van der Waals surface area contributed by atoms with Crippen molar-refractivity contribution in [1.82, 2.24) is 4.90 Å². The summed E-state index contributed by atoms with van der Waals surface area (Å²) >= 11 is 8.11. The number of ether oxygens (including phenoxy) is 1. The first-order valence-electron chi connectivity index (χ1n) is 7.79. The van der Waals surface area contributed by atoms with Gasteiger partial charge in [0.1, 0.15) is 10.1 Å². The molecule has 0 bridgehead atoms. The molecule has 5 nitrogen and oxygen atoms in total. The normalized spacial score (nSPS) is 15.6. The molecule has 134 valence electrons. The monoisotopic (exact) mass is 404 g/mol. The highest BCUT2D eigenvalue weighted by Crippen LogP contribution is 2.33. The van der Waals surface area contributed by atoms with Crippen LogP contribution in [0.25, 0.3) is 6.08 Å². The van der Waals surface area contributed by atoms with E-state index in [-0.39, 0.29) is 24.8 Å². The number of hydrogen-bond acceptors (Lipinski definition) is 6. The Balaban J connectivity index is 1.57. The van der Waals surface area contributed by atoms with E-state index in [1.807, 2.05) is 23.6 Å². The van der Waals surface area contributed by atoms with Crippen LogP contribution in [0.15, 0.2) is 46.7 Å². The molecule has 3 rings (SSSR count). The number of thiocarbonyl (C=S) groups is 1. The second-order valence-electron chi connectivity index (χ2n) is 5.38. The summed E-state index contributed by atoms with van der Waals surface area (Å²) < 4.78 is 5.61. The number of methoxy groups -OCH3 is 1. The molecule has 1 aromatic heterocycles. The first-order valence-corrected chi connectivity index (χ1v) is 9.90. The smallest absolute Gasteiger partial charge is 0.266 e. The molecule has 1 aliphatic heterocycles. The van der Waals surface area contributed by atoms with Crippen LogP contribution in [0.2, 0.25) is 0 Å². The van der Waals surface area contributed by atoms with Crippen LogP contribution in [0.3, 0.4) is 0 Å². The number of carbonyl (C=O) groups excluding carboxylic acids is 2.